The van der Waals surface area contributed by atoms with Crippen molar-refractivity contribution in [1.29, 1.82) is 0 Å². The molecular formula is C17H24N2. The molecule has 2 heteroatoms. The van der Waals surface area contributed by atoms with E-state index in [9.17, 15) is 0 Å². The van der Waals surface area contributed by atoms with Crippen molar-refractivity contribution in [3.8, 4) is 0 Å². The van der Waals surface area contributed by atoms with Crippen molar-refractivity contribution in [1.82, 2.24) is 10.3 Å². The molecule has 1 aromatic carbocycles. The van der Waals surface area contributed by atoms with Crippen LogP contribution in [0.15, 0.2) is 30.5 Å². The number of hydrogen-bond acceptors (Lipinski definition) is 1. The van der Waals surface area contributed by atoms with Gasteiger partial charge in [-0.05, 0) is 41.3 Å². The highest BCUT2D eigenvalue weighted by molar-refractivity contribution is 5.79. The van der Waals surface area contributed by atoms with E-state index in [4.69, 9.17) is 0 Å². The molecule has 1 saturated carbocycles. The predicted molar refractivity (Wildman–Crippen MR) is 81.2 cm³/mol. The van der Waals surface area contributed by atoms with Crippen LogP contribution in [0.3, 0.4) is 0 Å². The van der Waals surface area contributed by atoms with Crippen LogP contribution in [0.25, 0.3) is 10.9 Å². The summed E-state index contributed by atoms with van der Waals surface area (Å²) in [4.78, 5) is 3.28. The molecule has 0 atom stereocenters. The van der Waals surface area contributed by atoms with Crippen LogP contribution in [0.2, 0.25) is 0 Å². The van der Waals surface area contributed by atoms with Gasteiger partial charge >= 0.3 is 0 Å². The maximum atomic E-state index is 3.65. The monoisotopic (exact) mass is 256 g/mol. The molecule has 1 fully saturated rings. The van der Waals surface area contributed by atoms with Gasteiger partial charge in [0.1, 0.15) is 0 Å². The van der Waals surface area contributed by atoms with E-state index in [0.717, 1.165) is 13.1 Å². The third-order valence-electron chi connectivity index (χ3n) is 4.56. The summed E-state index contributed by atoms with van der Waals surface area (Å²) in [6.07, 6.45) is 9.02. The molecule has 2 N–H and O–H groups in total. The smallest absolute Gasteiger partial charge is 0.0457 e. The fourth-order valence-corrected chi connectivity index (χ4v) is 3.30. The molecule has 0 amide bonds. The van der Waals surface area contributed by atoms with E-state index in [0.29, 0.717) is 5.41 Å². The molecule has 1 aromatic heterocycles. The van der Waals surface area contributed by atoms with Crippen LogP contribution >= 0.6 is 0 Å². The van der Waals surface area contributed by atoms with Crippen LogP contribution in [-0.2, 0) is 6.54 Å². The van der Waals surface area contributed by atoms with Gasteiger partial charge in [0.25, 0.3) is 0 Å². The van der Waals surface area contributed by atoms with E-state index in [1.807, 2.05) is 6.20 Å². The quantitative estimate of drug-likeness (QED) is 0.842. The van der Waals surface area contributed by atoms with Gasteiger partial charge < -0.3 is 10.3 Å². The lowest BCUT2D eigenvalue weighted by molar-refractivity contribution is 0.207. The number of rotatable bonds is 4. The van der Waals surface area contributed by atoms with Crippen molar-refractivity contribution >= 4 is 10.9 Å². The first-order valence-electron chi connectivity index (χ1n) is 7.52. The van der Waals surface area contributed by atoms with E-state index < -0.39 is 0 Å². The van der Waals surface area contributed by atoms with Gasteiger partial charge in [0.2, 0.25) is 0 Å². The molecule has 3 rings (SSSR count). The van der Waals surface area contributed by atoms with Crippen LogP contribution in [0.1, 0.15) is 44.6 Å². The lowest BCUT2D eigenvalue weighted by Crippen LogP contribution is -2.33. The Kier molecular flexibility index (Phi) is 3.61. The molecule has 0 spiro atoms. The van der Waals surface area contributed by atoms with Crippen molar-refractivity contribution in [2.75, 3.05) is 6.54 Å². The van der Waals surface area contributed by atoms with Crippen LogP contribution in [-0.4, -0.2) is 11.5 Å². The minimum Gasteiger partial charge on any atom is -0.361 e. The Morgan fingerprint density at radius 1 is 1.16 bits per heavy atom. The highest BCUT2D eigenvalue weighted by Gasteiger charge is 2.25. The Hall–Kier alpha value is -1.28. The highest BCUT2D eigenvalue weighted by atomic mass is 14.9. The largest absolute Gasteiger partial charge is 0.361 e. The average Bonchev–Trinajstić information content (AvgIpc) is 2.87. The van der Waals surface area contributed by atoms with Gasteiger partial charge in [-0.1, -0.05) is 38.3 Å². The molecule has 2 aromatic rings. The zero-order valence-corrected chi connectivity index (χ0v) is 11.8. The summed E-state index contributed by atoms with van der Waals surface area (Å²) in [5.74, 6) is 0. The van der Waals surface area contributed by atoms with Gasteiger partial charge in [-0.15, -0.1) is 0 Å². The number of aromatic amines is 1. The van der Waals surface area contributed by atoms with Crippen LogP contribution < -0.4 is 5.32 Å². The van der Waals surface area contributed by atoms with Gasteiger partial charge in [0.05, 0.1) is 0 Å². The molecule has 1 aliphatic rings. The number of aromatic nitrogens is 1. The molecule has 0 radical (unpaired) electrons. The second kappa shape index (κ2) is 5.38. The van der Waals surface area contributed by atoms with Gasteiger partial charge in [-0.25, -0.2) is 0 Å². The Balaban J connectivity index is 1.56. The standard InChI is InChI=1S/C17H24N2/c1-17(8-3-2-4-9-17)13-18-12-14-5-6-15-7-10-19-16(15)11-14/h5-7,10-11,18-19H,2-4,8-9,12-13H2,1H3. The van der Waals surface area contributed by atoms with Crippen LogP contribution in [0, 0.1) is 5.41 Å². The molecule has 0 saturated heterocycles. The van der Waals surface area contributed by atoms with Crippen molar-refractivity contribution < 1.29 is 0 Å². The average molecular weight is 256 g/mol. The molecule has 2 nitrogen and oxygen atoms in total. The Labute approximate surface area is 115 Å². The molecule has 19 heavy (non-hydrogen) atoms. The van der Waals surface area contributed by atoms with Crippen molar-refractivity contribution in [2.24, 2.45) is 5.41 Å². The summed E-state index contributed by atoms with van der Waals surface area (Å²) in [5.41, 5.74) is 3.13. The lowest BCUT2D eigenvalue weighted by Gasteiger charge is -2.33. The molecule has 1 heterocycles. The second-order valence-corrected chi connectivity index (χ2v) is 6.37. The van der Waals surface area contributed by atoms with Gasteiger partial charge in [0.15, 0.2) is 0 Å². The first-order valence-corrected chi connectivity index (χ1v) is 7.52. The van der Waals surface area contributed by atoms with E-state index in [1.54, 1.807) is 0 Å². The summed E-state index contributed by atoms with van der Waals surface area (Å²) in [5, 5.41) is 4.95. The molecular weight excluding hydrogens is 232 g/mol. The molecule has 0 unspecified atom stereocenters. The molecule has 102 valence electrons. The third-order valence-corrected chi connectivity index (χ3v) is 4.56. The fourth-order valence-electron chi connectivity index (χ4n) is 3.30. The topological polar surface area (TPSA) is 27.8 Å². The van der Waals surface area contributed by atoms with E-state index >= 15 is 0 Å². The van der Waals surface area contributed by atoms with Crippen molar-refractivity contribution in [3.63, 3.8) is 0 Å². The zero-order chi connectivity index (χ0) is 13.1. The second-order valence-electron chi connectivity index (χ2n) is 6.37. The first-order chi connectivity index (χ1) is 9.25. The molecule has 0 bridgehead atoms. The third kappa shape index (κ3) is 3.01. The SMILES string of the molecule is CC1(CNCc2ccc3cc[nH]c3c2)CCCCC1. The molecule has 0 aliphatic heterocycles. The zero-order valence-electron chi connectivity index (χ0n) is 11.8. The van der Waals surface area contributed by atoms with E-state index in [1.165, 1.54) is 48.6 Å². The lowest BCUT2D eigenvalue weighted by atomic mass is 9.76. The number of benzene rings is 1. The predicted octanol–water partition coefficient (Wildman–Crippen LogP) is 4.23. The number of H-pyrrole nitrogens is 1. The normalized spacial score (nSPS) is 18.8. The van der Waals surface area contributed by atoms with Crippen LogP contribution in [0.4, 0.5) is 0 Å². The Morgan fingerprint density at radius 2 is 2.00 bits per heavy atom. The maximum Gasteiger partial charge on any atom is 0.0457 e. The summed E-state index contributed by atoms with van der Waals surface area (Å²) < 4.78 is 0. The minimum absolute atomic E-state index is 0.523. The van der Waals surface area contributed by atoms with Crippen molar-refractivity contribution in [2.45, 2.75) is 45.6 Å². The molecule has 1 aliphatic carbocycles. The van der Waals surface area contributed by atoms with E-state index in [-0.39, 0.29) is 0 Å². The van der Waals surface area contributed by atoms with Crippen LogP contribution in [0.5, 0.6) is 0 Å². The van der Waals surface area contributed by atoms with Gasteiger partial charge in [0, 0.05) is 24.8 Å². The highest BCUT2D eigenvalue weighted by Crippen LogP contribution is 2.34. The summed E-state index contributed by atoms with van der Waals surface area (Å²) in [7, 11) is 0. The number of nitrogens with one attached hydrogen (secondary N) is 2. The number of hydrogen-bond donors (Lipinski definition) is 2. The van der Waals surface area contributed by atoms with Gasteiger partial charge in [-0.3, -0.25) is 0 Å². The summed E-state index contributed by atoms with van der Waals surface area (Å²) >= 11 is 0. The Bertz CT molecular complexity index is 535. The van der Waals surface area contributed by atoms with Gasteiger partial charge in [-0.2, -0.15) is 0 Å². The summed E-state index contributed by atoms with van der Waals surface area (Å²) in [6, 6.07) is 8.80. The fraction of sp³-hybridized carbons (Fsp3) is 0.529. The first kappa shape index (κ1) is 12.7. The summed E-state index contributed by atoms with van der Waals surface area (Å²) in [6.45, 7) is 4.56. The maximum absolute atomic E-state index is 3.65. The number of fused-ring (bicyclic) bond motifs is 1. The Morgan fingerprint density at radius 3 is 2.84 bits per heavy atom. The van der Waals surface area contributed by atoms with E-state index in [2.05, 4.69) is 41.5 Å². The van der Waals surface area contributed by atoms with Crippen molar-refractivity contribution in [3.05, 3.63) is 36.0 Å². The minimum atomic E-state index is 0.523.